The van der Waals surface area contributed by atoms with Crippen molar-refractivity contribution in [3.8, 4) is 0 Å². The van der Waals surface area contributed by atoms with Gasteiger partial charge in [-0.15, -0.1) is 0 Å². The van der Waals surface area contributed by atoms with E-state index < -0.39 is 10.2 Å². The van der Waals surface area contributed by atoms with Crippen LogP contribution in [0.25, 0.3) is 0 Å². The number of amides is 1. The maximum atomic E-state index is 12.2. The maximum Gasteiger partial charge on any atom is 0.277 e. The molecule has 0 aromatic carbocycles. The van der Waals surface area contributed by atoms with E-state index in [0.29, 0.717) is 6.04 Å². The zero-order chi connectivity index (χ0) is 15.3. The molecule has 2 N–H and O–H groups in total. The van der Waals surface area contributed by atoms with E-state index in [-0.39, 0.29) is 12.5 Å². The molecule has 1 amide bonds. The number of hydrogen-bond donors (Lipinski definition) is 2. The highest BCUT2D eigenvalue weighted by Crippen LogP contribution is 2.31. The van der Waals surface area contributed by atoms with Gasteiger partial charge in [-0.3, -0.25) is 4.79 Å². The van der Waals surface area contributed by atoms with E-state index in [2.05, 4.69) is 9.44 Å². The lowest BCUT2D eigenvalue weighted by atomic mass is 9.84. The van der Waals surface area contributed by atoms with Crippen LogP contribution >= 0.6 is 0 Å². The molecule has 122 valence electrons. The lowest BCUT2D eigenvalue weighted by molar-refractivity contribution is -0.131. The summed E-state index contributed by atoms with van der Waals surface area (Å²) in [6.45, 7) is 0.613. The molecule has 0 aromatic heterocycles. The summed E-state index contributed by atoms with van der Waals surface area (Å²) in [5.74, 6) is 0.637. The average molecular weight is 317 g/mol. The van der Waals surface area contributed by atoms with Gasteiger partial charge in [0.05, 0.1) is 6.54 Å². The fourth-order valence-corrected chi connectivity index (χ4v) is 4.01. The van der Waals surface area contributed by atoms with Crippen molar-refractivity contribution in [2.45, 2.75) is 57.4 Å². The first-order valence-electron chi connectivity index (χ1n) is 7.99. The molecule has 0 bridgehead atoms. The summed E-state index contributed by atoms with van der Waals surface area (Å²) in [7, 11) is -2.21. The van der Waals surface area contributed by atoms with Crippen LogP contribution in [0, 0.1) is 5.92 Å². The van der Waals surface area contributed by atoms with Gasteiger partial charge >= 0.3 is 0 Å². The zero-order valence-electron chi connectivity index (χ0n) is 12.8. The second kappa shape index (κ2) is 7.56. The number of nitrogens with zero attached hydrogens (tertiary/aromatic N) is 1. The third-order valence-corrected chi connectivity index (χ3v) is 5.77. The first-order valence-corrected chi connectivity index (χ1v) is 9.48. The smallest absolute Gasteiger partial charge is 0.277 e. The number of hydrogen-bond acceptors (Lipinski definition) is 3. The lowest BCUT2D eigenvalue weighted by Crippen LogP contribution is -2.45. The second-order valence-corrected chi connectivity index (χ2v) is 7.86. The van der Waals surface area contributed by atoms with Crippen LogP contribution < -0.4 is 9.44 Å². The monoisotopic (exact) mass is 317 g/mol. The van der Waals surface area contributed by atoms with E-state index in [4.69, 9.17) is 0 Å². The highest BCUT2D eigenvalue weighted by molar-refractivity contribution is 7.87. The quantitative estimate of drug-likeness (QED) is 0.767. The van der Waals surface area contributed by atoms with Crippen LogP contribution in [0.15, 0.2) is 0 Å². The molecule has 1 atom stereocenters. The molecule has 1 saturated heterocycles. The Labute approximate surface area is 127 Å². The molecular weight excluding hydrogens is 290 g/mol. The number of carbonyl (C=O) groups excluding carboxylic acids is 1. The SMILES string of the molecule is CNS(=O)(=O)NCC(=O)N1CCCC1CC1CCCCC1. The van der Waals surface area contributed by atoms with Crippen LogP contribution in [-0.2, 0) is 15.0 Å². The molecule has 2 fully saturated rings. The predicted octanol–water partition coefficient (Wildman–Crippen LogP) is 1.00. The normalized spacial score (nSPS) is 24.4. The molecule has 1 heterocycles. The van der Waals surface area contributed by atoms with Gasteiger partial charge in [-0.1, -0.05) is 32.1 Å². The summed E-state index contributed by atoms with van der Waals surface area (Å²) in [4.78, 5) is 14.1. The van der Waals surface area contributed by atoms with E-state index in [0.717, 1.165) is 31.7 Å². The highest BCUT2D eigenvalue weighted by Gasteiger charge is 2.31. The second-order valence-electron chi connectivity index (χ2n) is 6.15. The molecule has 0 aromatic rings. The Hall–Kier alpha value is -0.660. The third kappa shape index (κ3) is 4.93. The van der Waals surface area contributed by atoms with E-state index in [1.54, 1.807) is 0 Å². The highest BCUT2D eigenvalue weighted by atomic mass is 32.2. The summed E-state index contributed by atoms with van der Waals surface area (Å²) in [6.07, 6.45) is 9.71. The van der Waals surface area contributed by atoms with Crippen molar-refractivity contribution in [2.75, 3.05) is 20.1 Å². The number of rotatable bonds is 6. The van der Waals surface area contributed by atoms with Crippen LogP contribution in [0.2, 0.25) is 0 Å². The lowest BCUT2D eigenvalue weighted by Gasteiger charge is -2.30. The molecule has 0 spiro atoms. The predicted molar refractivity (Wildman–Crippen MR) is 81.9 cm³/mol. The summed E-state index contributed by atoms with van der Waals surface area (Å²) >= 11 is 0. The van der Waals surface area contributed by atoms with Crippen LogP contribution in [0.5, 0.6) is 0 Å². The topological polar surface area (TPSA) is 78.5 Å². The van der Waals surface area contributed by atoms with Crippen molar-refractivity contribution in [3.05, 3.63) is 0 Å². The Morgan fingerprint density at radius 3 is 2.52 bits per heavy atom. The van der Waals surface area contributed by atoms with Gasteiger partial charge in [0, 0.05) is 19.6 Å². The summed E-state index contributed by atoms with van der Waals surface area (Å²) in [6, 6.07) is 0.305. The minimum absolute atomic E-state index is 0.105. The first-order chi connectivity index (χ1) is 10.0. The van der Waals surface area contributed by atoms with Crippen molar-refractivity contribution < 1.29 is 13.2 Å². The molecule has 1 saturated carbocycles. The first kappa shape index (κ1) is 16.7. The fourth-order valence-electron chi connectivity index (χ4n) is 3.55. The summed E-state index contributed by atoms with van der Waals surface area (Å²) in [5, 5.41) is 0. The van der Waals surface area contributed by atoms with Crippen molar-refractivity contribution in [3.63, 3.8) is 0 Å². The Morgan fingerprint density at radius 2 is 1.86 bits per heavy atom. The minimum atomic E-state index is -3.54. The molecular formula is C14H27N3O3S. The van der Waals surface area contributed by atoms with Crippen LogP contribution in [0.1, 0.15) is 51.4 Å². The summed E-state index contributed by atoms with van der Waals surface area (Å²) < 4.78 is 27.1. The Bertz CT molecular complexity index is 446. The molecule has 7 heteroatoms. The van der Waals surface area contributed by atoms with E-state index in [9.17, 15) is 13.2 Å². The van der Waals surface area contributed by atoms with Gasteiger partial charge in [-0.2, -0.15) is 13.1 Å². The van der Waals surface area contributed by atoms with E-state index >= 15 is 0 Å². The van der Waals surface area contributed by atoms with Gasteiger partial charge in [-0.05, 0) is 25.2 Å². The van der Waals surface area contributed by atoms with Crippen molar-refractivity contribution in [1.82, 2.24) is 14.3 Å². The molecule has 2 rings (SSSR count). The van der Waals surface area contributed by atoms with Gasteiger partial charge < -0.3 is 4.90 Å². The average Bonchev–Trinajstić information content (AvgIpc) is 2.94. The molecule has 1 unspecified atom stereocenters. The van der Waals surface area contributed by atoms with Gasteiger partial charge in [-0.25, -0.2) is 4.72 Å². The van der Waals surface area contributed by atoms with Crippen LogP contribution in [0.4, 0.5) is 0 Å². The van der Waals surface area contributed by atoms with Crippen LogP contribution in [0.3, 0.4) is 0 Å². The number of carbonyl (C=O) groups is 1. The molecule has 1 aliphatic heterocycles. The van der Waals surface area contributed by atoms with Crippen LogP contribution in [-0.4, -0.2) is 45.4 Å². The molecule has 6 nitrogen and oxygen atoms in total. The molecule has 2 aliphatic rings. The zero-order valence-corrected chi connectivity index (χ0v) is 13.6. The third-order valence-electron chi connectivity index (χ3n) is 4.71. The minimum Gasteiger partial charge on any atom is -0.339 e. The van der Waals surface area contributed by atoms with E-state index in [1.165, 1.54) is 39.2 Å². The number of nitrogens with one attached hydrogen (secondary N) is 2. The fraction of sp³-hybridized carbons (Fsp3) is 0.929. The van der Waals surface area contributed by atoms with Crippen molar-refractivity contribution >= 4 is 16.1 Å². The molecule has 21 heavy (non-hydrogen) atoms. The Morgan fingerprint density at radius 1 is 1.14 bits per heavy atom. The standard InChI is InChI=1S/C14H27N3O3S/c1-15-21(19,20)16-11-14(18)17-9-5-8-13(17)10-12-6-3-2-4-7-12/h12-13,15-16H,2-11H2,1H3. The number of likely N-dealkylation sites (tertiary alicyclic amines) is 1. The van der Waals surface area contributed by atoms with Crippen molar-refractivity contribution in [1.29, 1.82) is 0 Å². The summed E-state index contributed by atoms with van der Waals surface area (Å²) in [5.41, 5.74) is 0. The molecule has 1 aliphatic carbocycles. The Kier molecular flexibility index (Phi) is 6.01. The largest absolute Gasteiger partial charge is 0.339 e. The van der Waals surface area contributed by atoms with E-state index in [1.807, 2.05) is 4.90 Å². The molecule has 0 radical (unpaired) electrons. The van der Waals surface area contributed by atoms with Crippen molar-refractivity contribution in [2.24, 2.45) is 5.92 Å². The van der Waals surface area contributed by atoms with Gasteiger partial charge in [0.2, 0.25) is 5.91 Å². The maximum absolute atomic E-state index is 12.2. The van der Waals surface area contributed by atoms with Gasteiger partial charge in [0.1, 0.15) is 0 Å². The van der Waals surface area contributed by atoms with Gasteiger partial charge in [0.15, 0.2) is 0 Å². The van der Waals surface area contributed by atoms with Gasteiger partial charge in [0.25, 0.3) is 10.2 Å². The Balaban J connectivity index is 1.84.